The number of halogens is 1. The first-order chi connectivity index (χ1) is 23.4. The van der Waals surface area contributed by atoms with E-state index in [1.54, 1.807) is 19.4 Å². The lowest BCUT2D eigenvalue weighted by atomic mass is 9.92. The molecular formula is C39H39ClN4O4. The number of methoxy groups -OCH3 is 1. The molecule has 0 spiro atoms. The van der Waals surface area contributed by atoms with Gasteiger partial charge >= 0.3 is 0 Å². The van der Waals surface area contributed by atoms with Gasteiger partial charge in [0.05, 0.1) is 29.4 Å². The fraction of sp³-hybridized carbons (Fsp3) is 0.282. The van der Waals surface area contributed by atoms with Crippen LogP contribution in [0.15, 0.2) is 97.2 Å². The zero-order valence-corrected chi connectivity index (χ0v) is 28.0. The third kappa shape index (κ3) is 6.43. The van der Waals surface area contributed by atoms with E-state index in [9.17, 15) is 4.79 Å². The first-order valence-electron chi connectivity index (χ1n) is 16.4. The number of nitrogens with zero attached hydrogens (tertiary/aromatic N) is 4. The van der Waals surface area contributed by atoms with E-state index in [4.69, 9.17) is 21.1 Å². The van der Waals surface area contributed by atoms with Gasteiger partial charge in [-0.05, 0) is 53.9 Å². The number of likely N-dealkylation sites (N-methyl/N-ethyl adjacent to an activating group) is 1. The first-order valence-corrected chi connectivity index (χ1v) is 16.7. The molecule has 9 heteroatoms. The summed E-state index contributed by atoms with van der Waals surface area (Å²) < 4.78 is 14.1. The number of fused-ring (bicyclic) bond motifs is 2. The largest absolute Gasteiger partial charge is 0.493 e. The maximum atomic E-state index is 15.1. The molecule has 246 valence electrons. The van der Waals surface area contributed by atoms with Gasteiger partial charge in [-0.25, -0.2) is 0 Å². The van der Waals surface area contributed by atoms with Crippen molar-refractivity contribution in [3.05, 3.63) is 125 Å². The molecule has 1 saturated heterocycles. The van der Waals surface area contributed by atoms with Crippen molar-refractivity contribution < 1.29 is 19.1 Å². The highest BCUT2D eigenvalue weighted by atomic mass is 35.5. The van der Waals surface area contributed by atoms with E-state index >= 15 is 4.79 Å². The minimum Gasteiger partial charge on any atom is -0.493 e. The summed E-state index contributed by atoms with van der Waals surface area (Å²) in [6.07, 6.45) is 2.48. The SMILES string of the molecule is COc1cc(-n2cc(C(=O)Cl)c3ccccc32)c(C(=O)N2Cc3ccccc3C[C@H]2CN2CCN(C)CC2)cc1OCc1ccccc1. The second-order valence-corrected chi connectivity index (χ2v) is 13.0. The molecule has 1 aromatic heterocycles. The van der Waals surface area contributed by atoms with Crippen LogP contribution in [0, 0.1) is 0 Å². The normalized spacial score (nSPS) is 16.9. The Bertz CT molecular complexity index is 1950. The number of carbonyl (C=O) groups is 2. The zero-order valence-electron chi connectivity index (χ0n) is 27.3. The summed E-state index contributed by atoms with van der Waals surface area (Å²) in [4.78, 5) is 34.5. The van der Waals surface area contributed by atoms with E-state index in [-0.39, 0.29) is 11.9 Å². The average Bonchev–Trinajstić information content (AvgIpc) is 3.51. The summed E-state index contributed by atoms with van der Waals surface area (Å²) in [5, 5.41) is 0.145. The number of rotatable bonds is 9. The molecule has 0 saturated carbocycles. The van der Waals surface area contributed by atoms with Crippen LogP contribution in [-0.2, 0) is 19.6 Å². The smallest absolute Gasteiger partial charge is 0.256 e. The highest BCUT2D eigenvalue weighted by Gasteiger charge is 2.34. The van der Waals surface area contributed by atoms with Crippen molar-refractivity contribution in [2.75, 3.05) is 46.9 Å². The highest BCUT2D eigenvalue weighted by molar-refractivity contribution is 6.68. The summed E-state index contributed by atoms with van der Waals surface area (Å²) in [7, 11) is 3.74. The molecule has 0 aliphatic carbocycles. The fourth-order valence-electron chi connectivity index (χ4n) is 6.93. The Morgan fingerprint density at radius 3 is 2.29 bits per heavy atom. The number of piperazine rings is 1. The summed E-state index contributed by atoms with van der Waals surface area (Å²) in [6, 6.07) is 29.5. The molecule has 0 N–H and O–H groups in total. The lowest BCUT2D eigenvalue weighted by Crippen LogP contribution is -2.53. The van der Waals surface area contributed by atoms with Crippen LogP contribution in [0.3, 0.4) is 0 Å². The van der Waals surface area contributed by atoms with E-state index in [1.165, 1.54) is 5.56 Å². The molecule has 5 aromatic rings. The van der Waals surface area contributed by atoms with Crippen LogP contribution >= 0.6 is 11.6 Å². The number of benzene rings is 4. The van der Waals surface area contributed by atoms with Crippen molar-refractivity contribution in [1.29, 1.82) is 0 Å². The van der Waals surface area contributed by atoms with Gasteiger partial charge in [-0.1, -0.05) is 72.8 Å². The highest BCUT2D eigenvalue weighted by Crippen LogP contribution is 2.38. The lowest BCUT2D eigenvalue weighted by molar-refractivity contribution is 0.0535. The molecule has 2 aliphatic rings. The Morgan fingerprint density at radius 2 is 1.54 bits per heavy atom. The molecule has 3 heterocycles. The predicted molar refractivity (Wildman–Crippen MR) is 189 cm³/mol. The monoisotopic (exact) mass is 662 g/mol. The summed E-state index contributed by atoms with van der Waals surface area (Å²) >= 11 is 6.08. The standard InChI is InChI=1S/C39H39ClN4O4/c1-41-16-18-42(19-17-41)24-30-20-28-12-6-7-13-29(28)23-43(30)39(46)32-21-37(48-26-27-10-4-3-5-11-27)36(47-2)22-35(32)44-25-33(38(40)45)31-14-8-9-15-34(31)44/h3-15,21-22,25,30H,16-20,23-24,26H2,1-2H3/t30-/m0/s1. The third-order valence-corrected chi connectivity index (χ3v) is 9.82. The van der Waals surface area contributed by atoms with E-state index in [2.05, 4.69) is 35.0 Å². The van der Waals surface area contributed by atoms with Gasteiger partial charge in [-0.3, -0.25) is 14.5 Å². The topological polar surface area (TPSA) is 67.2 Å². The average molecular weight is 663 g/mol. The van der Waals surface area contributed by atoms with Gasteiger partial charge in [0.1, 0.15) is 6.61 Å². The number of hydrogen-bond acceptors (Lipinski definition) is 6. The number of ether oxygens (including phenoxy) is 2. The van der Waals surface area contributed by atoms with Gasteiger partial charge in [-0.15, -0.1) is 0 Å². The molecule has 1 fully saturated rings. The summed E-state index contributed by atoms with van der Waals surface area (Å²) in [5.74, 6) is 0.834. The molecule has 0 bridgehead atoms. The van der Waals surface area contributed by atoms with Crippen LogP contribution in [0.1, 0.15) is 37.4 Å². The van der Waals surface area contributed by atoms with Crippen molar-refractivity contribution in [2.45, 2.75) is 25.6 Å². The molecule has 1 amide bonds. The lowest BCUT2D eigenvalue weighted by Gasteiger charge is -2.41. The van der Waals surface area contributed by atoms with E-state index in [0.29, 0.717) is 46.9 Å². The molecule has 8 nitrogen and oxygen atoms in total. The molecule has 2 aliphatic heterocycles. The number of hydrogen-bond donors (Lipinski definition) is 0. The van der Waals surface area contributed by atoms with Crippen molar-refractivity contribution in [1.82, 2.24) is 19.3 Å². The number of amides is 1. The number of carbonyl (C=O) groups excluding carboxylic acids is 2. The van der Waals surface area contributed by atoms with Crippen molar-refractivity contribution in [3.8, 4) is 17.2 Å². The second-order valence-electron chi connectivity index (χ2n) is 12.7. The molecule has 7 rings (SSSR count). The van der Waals surface area contributed by atoms with E-state index in [0.717, 1.165) is 55.8 Å². The summed E-state index contributed by atoms with van der Waals surface area (Å²) in [6.45, 7) is 5.53. The van der Waals surface area contributed by atoms with Crippen LogP contribution < -0.4 is 9.47 Å². The second kappa shape index (κ2) is 13.8. The van der Waals surface area contributed by atoms with Crippen LogP contribution in [0.25, 0.3) is 16.6 Å². The molecule has 4 aromatic carbocycles. The zero-order chi connectivity index (χ0) is 33.2. The minimum atomic E-state index is -0.563. The molecule has 48 heavy (non-hydrogen) atoms. The van der Waals surface area contributed by atoms with Crippen LogP contribution in [0.2, 0.25) is 0 Å². The fourth-order valence-corrected chi connectivity index (χ4v) is 7.09. The maximum absolute atomic E-state index is 15.1. The molecule has 0 radical (unpaired) electrons. The Kier molecular flexibility index (Phi) is 9.21. The van der Waals surface area contributed by atoms with Gasteiger partial charge in [0.15, 0.2) is 11.5 Å². The number of para-hydroxylation sites is 1. The van der Waals surface area contributed by atoms with Crippen molar-refractivity contribution >= 4 is 33.7 Å². The van der Waals surface area contributed by atoms with Crippen molar-refractivity contribution in [3.63, 3.8) is 0 Å². The quantitative estimate of drug-likeness (QED) is 0.170. The Hall–Kier alpha value is -4.63. The van der Waals surface area contributed by atoms with Gasteiger partial charge in [0.25, 0.3) is 11.1 Å². The maximum Gasteiger partial charge on any atom is 0.256 e. The van der Waals surface area contributed by atoms with Crippen molar-refractivity contribution in [2.24, 2.45) is 0 Å². The Balaban J connectivity index is 1.34. The predicted octanol–water partition coefficient (Wildman–Crippen LogP) is 6.41. The van der Waals surface area contributed by atoms with E-state index in [1.807, 2.05) is 76.2 Å². The third-order valence-electron chi connectivity index (χ3n) is 9.61. The van der Waals surface area contributed by atoms with E-state index < -0.39 is 5.24 Å². The van der Waals surface area contributed by atoms with Crippen LogP contribution in [0.4, 0.5) is 0 Å². The van der Waals surface area contributed by atoms with Crippen LogP contribution in [0.5, 0.6) is 11.5 Å². The first kappa shape index (κ1) is 31.9. The molecule has 0 unspecified atom stereocenters. The van der Waals surface area contributed by atoms with Gasteiger partial charge < -0.3 is 23.8 Å². The minimum absolute atomic E-state index is 0.0270. The molecular weight excluding hydrogens is 624 g/mol. The Morgan fingerprint density at radius 1 is 0.833 bits per heavy atom. The van der Waals surface area contributed by atoms with Gasteiger partial charge in [0, 0.05) is 63.0 Å². The number of aromatic nitrogens is 1. The van der Waals surface area contributed by atoms with Gasteiger partial charge in [-0.2, -0.15) is 0 Å². The van der Waals surface area contributed by atoms with Gasteiger partial charge in [0.2, 0.25) is 0 Å². The summed E-state index contributed by atoms with van der Waals surface area (Å²) in [5.41, 5.74) is 5.60. The van der Waals surface area contributed by atoms with Crippen LogP contribution in [-0.4, -0.2) is 83.3 Å². The Labute approximate surface area is 286 Å². The molecule has 1 atom stereocenters.